The molecule has 3 N–H and O–H groups in total. The minimum absolute atomic E-state index is 0.0204. The highest BCUT2D eigenvalue weighted by atomic mass is 16.4. The molecule has 108 valence electrons. The zero-order valence-corrected chi connectivity index (χ0v) is 11.5. The number of rotatable bonds is 7. The number of allylic oxidation sites excluding steroid dienone is 2. The van der Waals surface area contributed by atoms with Crippen molar-refractivity contribution in [2.24, 2.45) is 5.92 Å². The number of aliphatic carboxylic acids is 1. The molecule has 2 amide bonds. The van der Waals surface area contributed by atoms with E-state index in [1.165, 1.54) is 0 Å². The lowest BCUT2D eigenvalue weighted by Crippen LogP contribution is -2.44. The normalized spacial score (nSPS) is 19.7. The molecule has 1 rings (SSSR count). The van der Waals surface area contributed by atoms with Crippen LogP contribution in [0.15, 0.2) is 12.2 Å². The van der Waals surface area contributed by atoms with Gasteiger partial charge in [0.1, 0.15) is 0 Å². The highest BCUT2D eigenvalue weighted by Crippen LogP contribution is 2.16. The second-order valence-electron chi connectivity index (χ2n) is 5.09. The summed E-state index contributed by atoms with van der Waals surface area (Å²) in [5.41, 5.74) is 0. The van der Waals surface area contributed by atoms with Crippen molar-refractivity contribution in [3.05, 3.63) is 12.2 Å². The van der Waals surface area contributed by atoms with E-state index < -0.39 is 5.97 Å². The molecule has 0 aromatic rings. The third-order valence-electron chi connectivity index (χ3n) is 3.32. The minimum Gasteiger partial charge on any atom is -0.481 e. The lowest BCUT2D eigenvalue weighted by molar-refractivity contribution is -0.137. The van der Waals surface area contributed by atoms with Gasteiger partial charge in [0.05, 0.1) is 6.42 Å². The fourth-order valence-corrected chi connectivity index (χ4v) is 2.30. The molecule has 0 fully saturated rings. The minimum atomic E-state index is -0.879. The number of hydrogen-bond acceptors (Lipinski definition) is 2. The molecule has 2 unspecified atom stereocenters. The molecule has 0 aromatic heterocycles. The van der Waals surface area contributed by atoms with Gasteiger partial charge in [-0.2, -0.15) is 0 Å². The Kier molecular flexibility index (Phi) is 7.00. The van der Waals surface area contributed by atoms with Crippen molar-refractivity contribution in [2.75, 3.05) is 6.54 Å². The van der Waals surface area contributed by atoms with E-state index in [0.717, 1.165) is 25.7 Å². The first-order valence-electron chi connectivity index (χ1n) is 7.03. The number of hydrogen-bond donors (Lipinski definition) is 3. The number of amides is 2. The van der Waals surface area contributed by atoms with Gasteiger partial charge < -0.3 is 15.7 Å². The molecule has 19 heavy (non-hydrogen) atoms. The lowest BCUT2D eigenvalue weighted by atomic mass is 9.94. The van der Waals surface area contributed by atoms with Crippen LogP contribution in [0.4, 0.5) is 4.79 Å². The molecule has 0 saturated carbocycles. The van der Waals surface area contributed by atoms with Gasteiger partial charge in [0, 0.05) is 12.6 Å². The van der Waals surface area contributed by atoms with Crippen LogP contribution in [0.3, 0.4) is 0 Å². The molecule has 0 radical (unpaired) electrons. The van der Waals surface area contributed by atoms with E-state index in [1.54, 1.807) is 0 Å². The van der Waals surface area contributed by atoms with Crippen LogP contribution >= 0.6 is 0 Å². The Bertz CT molecular complexity index is 329. The van der Waals surface area contributed by atoms with Gasteiger partial charge in [-0.1, -0.05) is 25.5 Å². The van der Waals surface area contributed by atoms with Crippen LogP contribution in [0, 0.1) is 5.92 Å². The third kappa shape index (κ3) is 6.84. The topological polar surface area (TPSA) is 78.4 Å². The van der Waals surface area contributed by atoms with Crippen molar-refractivity contribution in [1.29, 1.82) is 0 Å². The fourth-order valence-electron chi connectivity index (χ4n) is 2.30. The summed E-state index contributed by atoms with van der Waals surface area (Å²) in [6.07, 6.45) is 9.02. The Morgan fingerprint density at radius 3 is 2.79 bits per heavy atom. The van der Waals surface area contributed by atoms with Gasteiger partial charge in [-0.3, -0.25) is 4.79 Å². The Morgan fingerprint density at radius 2 is 2.21 bits per heavy atom. The molecular weight excluding hydrogens is 244 g/mol. The molecule has 0 aromatic carbocycles. The second kappa shape index (κ2) is 8.56. The summed E-state index contributed by atoms with van der Waals surface area (Å²) < 4.78 is 0. The fraction of sp³-hybridized carbons (Fsp3) is 0.714. The average molecular weight is 268 g/mol. The van der Waals surface area contributed by atoms with Crippen LogP contribution in [0.1, 0.15) is 45.4 Å². The molecule has 0 aliphatic heterocycles. The third-order valence-corrected chi connectivity index (χ3v) is 3.32. The van der Waals surface area contributed by atoms with E-state index in [4.69, 9.17) is 5.11 Å². The number of carboxylic acid groups (broad SMARTS) is 1. The van der Waals surface area contributed by atoms with Gasteiger partial charge >= 0.3 is 12.0 Å². The van der Waals surface area contributed by atoms with Crippen molar-refractivity contribution in [2.45, 2.75) is 51.5 Å². The molecule has 2 atom stereocenters. The highest BCUT2D eigenvalue weighted by Gasteiger charge is 2.16. The molecule has 1 aliphatic rings. The Hall–Kier alpha value is -1.52. The van der Waals surface area contributed by atoms with Crippen LogP contribution in [0.2, 0.25) is 0 Å². The predicted octanol–water partition coefficient (Wildman–Crippen LogP) is 2.29. The lowest BCUT2D eigenvalue weighted by Gasteiger charge is -2.20. The number of nitrogens with one attached hydrogen (secondary N) is 2. The van der Waals surface area contributed by atoms with E-state index in [2.05, 4.69) is 22.8 Å². The standard InChI is InChI=1S/C14H24N2O3/c1-2-6-12(9-13(17)18)16-14(19)15-10-11-7-4-3-5-8-11/h3-4,11-12H,2,5-10H2,1H3,(H,17,18)(H2,15,16,19). The van der Waals surface area contributed by atoms with Crippen LogP contribution in [-0.2, 0) is 4.79 Å². The monoisotopic (exact) mass is 268 g/mol. The van der Waals surface area contributed by atoms with Crippen molar-refractivity contribution >= 4 is 12.0 Å². The van der Waals surface area contributed by atoms with Crippen molar-refractivity contribution < 1.29 is 14.7 Å². The van der Waals surface area contributed by atoms with Crippen molar-refractivity contribution in [3.8, 4) is 0 Å². The summed E-state index contributed by atoms with van der Waals surface area (Å²) >= 11 is 0. The van der Waals surface area contributed by atoms with Gasteiger partial charge in [-0.15, -0.1) is 0 Å². The van der Waals surface area contributed by atoms with Crippen LogP contribution in [-0.4, -0.2) is 29.7 Å². The van der Waals surface area contributed by atoms with E-state index >= 15 is 0 Å². The summed E-state index contributed by atoms with van der Waals surface area (Å²) in [5.74, 6) is -0.379. The van der Waals surface area contributed by atoms with Crippen molar-refractivity contribution in [3.63, 3.8) is 0 Å². The van der Waals surface area contributed by atoms with Gasteiger partial charge in [-0.05, 0) is 31.6 Å². The first kappa shape index (κ1) is 15.5. The van der Waals surface area contributed by atoms with Crippen LogP contribution in [0.25, 0.3) is 0 Å². The molecular formula is C14H24N2O3. The first-order chi connectivity index (χ1) is 9.11. The SMILES string of the molecule is CCCC(CC(=O)O)NC(=O)NCC1CC=CCC1. The first-order valence-corrected chi connectivity index (χ1v) is 7.03. The Morgan fingerprint density at radius 1 is 1.42 bits per heavy atom. The smallest absolute Gasteiger partial charge is 0.315 e. The molecule has 0 heterocycles. The van der Waals surface area contributed by atoms with E-state index in [1.807, 2.05) is 6.92 Å². The van der Waals surface area contributed by atoms with Crippen LogP contribution < -0.4 is 10.6 Å². The average Bonchev–Trinajstić information content (AvgIpc) is 2.37. The van der Waals surface area contributed by atoms with Gasteiger partial charge in [0.25, 0.3) is 0 Å². The molecule has 5 nitrogen and oxygen atoms in total. The summed E-state index contributed by atoms with van der Waals surface area (Å²) in [6.45, 7) is 2.63. The van der Waals surface area contributed by atoms with Crippen molar-refractivity contribution in [1.82, 2.24) is 10.6 Å². The zero-order valence-electron chi connectivity index (χ0n) is 11.5. The largest absolute Gasteiger partial charge is 0.481 e. The molecule has 0 saturated heterocycles. The molecule has 1 aliphatic carbocycles. The van der Waals surface area contributed by atoms with Gasteiger partial charge in [-0.25, -0.2) is 4.79 Å². The quantitative estimate of drug-likeness (QED) is 0.620. The maximum Gasteiger partial charge on any atom is 0.315 e. The predicted molar refractivity (Wildman–Crippen MR) is 74.0 cm³/mol. The summed E-state index contributed by atoms with van der Waals surface area (Å²) in [7, 11) is 0. The molecule has 0 bridgehead atoms. The molecule has 5 heteroatoms. The Balaban J connectivity index is 2.26. The summed E-state index contributed by atoms with van der Waals surface area (Å²) in [6, 6.07) is -0.539. The molecule has 0 spiro atoms. The van der Waals surface area contributed by atoms with E-state index in [-0.39, 0.29) is 18.5 Å². The second-order valence-corrected chi connectivity index (χ2v) is 5.09. The van der Waals surface area contributed by atoms with Crippen LogP contribution in [0.5, 0.6) is 0 Å². The maximum atomic E-state index is 11.7. The maximum absolute atomic E-state index is 11.7. The summed E-state index contributed by atoms with van der Waals surface area (Å²) in [5, 5.41) is 14.4. The van der Waals surface area contributed by atoms with Gasteiger partial charge in [0.15, 0.2) is 0 Å². The number of urea groups is 1. The number of carboxylic acids is 1. The number of carbonyl (C=O) groups excluding carboxylic acids is 1. The van der Waals surface area contributed by atoms with Gasteiger partial charge in [0.2, 0.25) is 0 Å². The van der Waals surface area contributed by atoms with E-state index in [0.29, 0.717) is 18.9 Å². The zero-order chi connectivity index (χ0) is 14.1. The highest BCUT2D eigenvalue weighted by molar-refractivity contribution is 5.75. The summed E-state index contributed by atoms with van der Waals surface area (Å²) in [4.78, 5) is 22.4. The Labute approximate surface area is 114 Å². The number of carbonyl (C=O) groups is 2. The van der Waals surface area contributed by atoms with E-state index in [9.17, 15) is 9.59 Å².